The van der Waals surface area contributed by atoms with Crippen LogP contribution in [0.1, 0.15) is 21.9 Å². The first-order valence-corrected chi connectivity index (χ1v) is 6.48. The Bertz CT molecular complexity index is 643. The Morgan fingerprint density at radius 2 is 2.25 bits per heavy atom. The zero-order chi connectivity index (χ0) is 14.7. The standard InChI is InChI=1S/C13H12BrFN2O3/c1-7-4-9(20-12(7)13(18)17-16)6-19-8-2-3-10(14)11(15)5-8/h2-5H,6,16H2,1H3,(H,17,18). The van der Waals surface area contributed by atoms with Crippen molar-refractivity contribution in [3.05, 3.63) is 51.6 Å². The molecule has 0 aliphatic rings. The summed E-state index contributed by atoms with van der Waals surface area (Å²) in [7, 11) is 0. The molecule has 0 spiro atoms. The minimum absolute atomic E-state index is 0.0831. The number of carbonyl (C=O) groups excluding carboxylic acids is 1. The second-order valence-electron chi connectivity index (χ2n) is 4.06. The van der Waals surface area contributed by atoms with Crippen LogP contribution < -0.4 is 16.0 Å². The number of amides is 1. The van der Waals surface area contributed by atoms with E-state index in [0.717, 1.165) is 0 Å². The molecule has 3 N–H and O–H groups in total. The highest BCUT2D eigenvalue weighted by Crippen LogP contribution is 2.22. The lowest BCUT2D eigenvalue weighted by Gasteiger charge is -2.04. The van der Waals surface area contributed by atoms with E-state index in [1.807, 2.05) is 5.43 Å². The van der Waals surface area contributed by atoms with Gasteiger partial charge in [-0.15, -0.1) is 0 Å². The molecule has 1 amide bonds. The van der Waals surface area contributed by atoms with Gasteiger partial charge in [-0.2, -0.15) is 0 Å². The van der Waals surface area contributed by atoms with Gasteiger partial charge in [0.2, 0.25) is 0 Å². The molecule has 7 heteroatoms. The Hall–Kier alpha value is -1.86. The largest absolute Gasteiger partial charge is 0.486 e. The van der Waals surface area contributed by atoms with Crippen LogP contribution in [0, 0.1) is 12.7 Å². The monoisotopic (exact) mass is 342 g/mol. The normalized spacial score (nSPS) is 10.4. The van der Waals surface area contributed by atoms with Crippen molar-refractivity contribution in [2.24, 2.45) is 5.84 Å². The molecular formula is C13H12BrFN2O3. The molecule has 0 saturated carbocycles. The van der Waals surface area contributed by atoms with Gasteiger partial charge in [-0.3, -0.25) is 10.2 Å². The summed E-state index contributed by atoms with van der Waals surface area (Å²) in [5.74, 6) is 5.06. The molecule has 0 fully saturated rings. The lowest BCUT2D eigenvalue weighted by Crippen LogP contribution is -2.30. The fourth-order valence-corrected chi connectivity index (χ4v) is 1.88. The fourth-order valence-electron chi connectivity index (χ4n) is 1.63. The van der Waals surface area contributed by atoms with Gasteiger partial charge >= 0.3 is 5.91 Å². The van der Waals surface area contributed by atoms with Gasteiger partial charge in [-0.1, -0.05) is 0 Å². The molecule has 0 radical (unpaired) electrons. The van der Waals surface area contributed by atoms with E-state index in [9.17, 15) is 9.18 Å². The van der Waals surface area contributed by atoms with Crippen LogP contribution >= 0.6 is 15.9 Å². The fraction of sp³-hybridized carbons (Fsp3) is 0.154. The molecule has 0 saturated heterocycles. The van der Waals surface area contributed by atoms with E-state index in [2.05, 4.69) is 15.9 Å². The average Bonchev–Trinajstić information content (AvgIpc) is 2.80. The van der Waals surface area contributed by atoms with Crippen molar-refractivity contribution in [1.82, 2.24) is 5.43 Å². The van der Waals surface area contributed by atoms with Crippen molar-refractivity contribution in [2.45, 2.75) is 13.5 Å². The molecule has 2 aromatic rings. The maximum Gasteiger partial charge on any atom is 0.301 e. The smallest absolute Gasteiger partial charge is 0.301 e. The Labute approximate surface area is 123 Å². The minimum Gasteiger partial charge on any atom is -0.486 e. The van der Waals surface area contributed by atoms with Gasteiger partial charge < -0.3 is 9.15 Å². The number of hydrogen-bond donors (Lipinski definition) is 2. The highest BCUT2D eigenvalue weighted by Gasteiger charge is 2.15. The third-order valence-corrected chi connectivity index (χ3v) is 3.22. The Morgan fingerprint density at radius 1 is 1.50 bits per heavy atom. The first-order chi connectivity index (χ1) is 9.51. The van der Waals surface area contributed by atoms with E-state index in [4.69, 9.17) is 15.0 Å². The van der Waals surface area contributed by atoms with Gasteiger partial charge in [-0.05, 0) is 41.1 Å². The number of benzene rings is 1. The zero-order valence-corrected chi connectivity index (χ0v) is 12.2. The Balaban J connectivity index is 2.07. The van der Waals surface area contributed by atoms with Crippen molar-refractivity contribution in [2.75, 3.05) is 0 Å². The van der Waals surface area contributed by atoms with Gasteiger partial charge in [0, 0.05) is 11.6 Å². The summed E-state index contributed by atoms with van der Waals surface area (Å²) in [5.41, 5.74) is 2.64. The average molecular weight is 343 g/mol. The quantitative estimate of drug-likeness (QED) is 0.508. The number of nitrogens with one attached hydrogen (secondary N) is 1. The van der Waals surface area contributed by atoms with Crippen LogP contribution in [-0.4, -0.2) is 5.91 Å². The molecular weight excluding hydrogens is 331 g/mol. The van der Waals surface area contributed by atoms with Crippen LogP contribution in [0.3, 0.4) is 0 Å². The molecule has 0 atom stereocenters. The SMILES string of the molecule is Cc1cc(COc2ccc(Br)c(F)c2)oc1C(=O)NN. The van der Waals surface area contributed by atoms with Gasteiger partial charge in [-0.25, -0.2) is 10.2 Å². The Morgan fingerprint density at radius 3 is 2.90 bits per heavy atom. The number of hydrazine groups is 1. The minimum atomic E-state index is -0.511. The van der Waals surface area contributed by atoms with Crippen molar-refractivity contribution >= 4 is 21.8 Å². The van der Waals surface area contributed by atoms with Crippen LogP contribution in [0.15, 0.2) is 33.2 Å². The lowest BCUT2D eigenvalue weighted by atomic mass is 10.2. The molecule has 0 unspecified atom stereocenters. The highest BCUT2D eigenvalue weighted by molar-refractivity contribution is 9.10. The number of ether oxygens (including phenoxy) is 1. The van der Waals surface area contributed by atoms with E-state index in [1.165, 1.54) is 6.07 Å². The van der Waals surface area contributed by atoms with Crippen LogP contribution in [0.2, 0.25) is 0 Å². The number of furan rings is 1. The molecule has 2 rings (SSSR count). The van der Waals surface area contributed by atoms with Gasteiger partial charge in [0.15, 0.2) is 5.76 Å². The van der Waals surface area contributed by atoms with Crippen LogP contribution in [-0.2, 0) is 6.61 Å². The number of nitrogen functional groups attached to an aromatic ring is 1. The summed E-state index contributed by atoms with van der Waals surface area (Å²) in [4.78, 5) is 11.4. The molecule has 106 valence electrons. The lowest BCUT2D eigenvalue weighted by molar-refractivity contribution is 0.0921. The number of nitrogens with two attached hydrogens (primary N) is 1. The summed E-state index contributed by atoms with van der Waals surface area (Å²) in [6, 6.07) is 6.09. The summed E-state index contributed by atoms with van der Waals surface area (Å²) >= 11 is 3.06. The van der Waals surface area contributed by atoms with Gasteiger partial charge in [0.1, 0.15) is 23.9 Å². The highest BCUT2D eigenvalue weighted by atomic mass is 79.9. The maximum atomic E-state index is 13.3. The van der Waals surface area contributed by atoms with E-state index in [0.29, 0.717) is 21.5 Å². The molecule has 1 heterocycles. The number of halogens is 2. The van der Waals surface area contributed by atoms with Crippen LogP contribution in [0.4, 0.5) is 4.39 Å². The van der Waals surface area contributed by atoms with Gasteiger partial charge in [0.25, 0.3) is 0 Å². The Kier molecular flexibility index (Phi) is 4.41. The van der Waals surface area contributed by atoms with E-state index < -0.39 is 11.7 Å². The molecule has 0 aliphatic heterocycles. The van der Waals surface area contributed by atoms with Crippen LogP contribution in [0.25, 0.3) is 0 Å². The summed E-state index contributed by atoms with van der Waals surface area (Å²) in [6.07, 6.45) is 0. The molecule has 1 aromatic carbocycles. The molecule has 0 bridgehead atoms. The number of rotatable bonds is 4. The van der Waals surface area contributed by atoms with E-state index >= 15 is 0 Å². The van der Waals surface area contributed by atoms with E-state index in [1.54, 1.807) is 25.1 Å². The number of hydrogen-bond acceptors (Lipinski definition) is 4. The predicted molar refractivity (Wildman–Crippen MR) is 73.5 cm³/mol. The molecule has 0 aliphatic carbocycles. The first-order valence-electron chi connectivity index (χ1n) is 5.69. The number of carbonyl (C=O) groups is 1. The van der Waals surface area contributed by atoms with Crippen molar-refractivity contribution < 1.29 is 18.3 Å². The third kappa shape index (κ3) is 3.17. The molecule has 1 aromatic heterocycles. The summed E-state index contributed by atoms with van der Waals surface area (Å²) < 4.78 is 24.4. The molecule has 5 nitrogen and oxygen atoms in total. The maximum absolute atomic E-state index is 13.3. The van der Waals surface area contributed by atoms with E-state index in [-0.39, 0.29) is 12.4 Å². The zero-order valence-electron chi connectivity index (χ0n) is 10.6. The molecule has 20 heavy (non-hydrogen) atoms. The van der Waals surface area contributed by atoms with Crippen molar-refractivity contribution in [3.8, 4) is 5.75 Å². The van der Waals surface area contributed by atoms with Crippen molar-refractivity contribution in [1.29, 1.82) is 0 Å². The third-order valence-electron chi connectivity index (χ3n) is 2.58. The van der Waals surface area contributed by atoms with Crippen molar-refractivity contribution in [3.63, 3.8) is 0 Å². The predicted octanol–water partition coefficient (Wildman–Crippen LogP) is 2.67. The van der Waals surface area contributed by atoms with Crippen LogP contribution in [0.5, 0.6) is 5.75 Å². The number of aryl methyl sites for hydroxylation is 1. The topological polar surface area (TPSA) is 77.5 Å². The first kappa shape index (κ1) is 14.5. The summed E-state index contributed by atoms with van der Waals surface area (Å²) in [6.45, 7) is 1.80. The van der Waals surface area contributed by atoms with Gasteiger partial charge in [0.05, 0.1) is 4.47 Å². The second kappa shape index (κ2) is 6.06. The summed E-state index contributed by atoms with van der Waals surface area (Å²) in [5, 5.41) is 0. The second-order valence-corrected chi connectivity index (χ2v) is 4.92.